The molecule has 0 spiro atoms. The van der Waals surface area contributed by atoms with Gasteiger partial charge in [0.05, 0.1) is 5.25 Å². The third kappa shape index (κ3) is 1.61. The van der Waals surface area contributed by atoms with E-state index < -0.39 is 0 Å². The average molecular weight is 187 g/mol. The molecule has 1 saturated heterocycles. The number of aliphatic imine (C=N–C) groups is 1. The van der Waals surface area contributed by atoms with Gasteiger partial charge >= 0.3 is 0 Å². The molecule has 1 fully saturated rings. The van der Waals surface area contributed by atoms with Gasteiger partial charge in [0.25, 0.3) is 0 Å². The summed E-state index contributed by atoms with van der Waals surface area (Å²) in [5, 5.41) is 0.775. The molecule has 12 heavy (non-hydrogen) atoms. The maximum atomic E-state index is 11.4. The van der Waals surface area contributed by atoms with Crippen molar-refractivity contribution in [2.75, 3.05) is 20.6 Å². The number of nitrogens with two attached hydrogens (primary N) is 1. The van der Waals surface area contributed by atoms with Gasteiger partial charge in [0, 0.05) is 14.1 Å². The fourth-order valence-electron chi connectivity index (χ4n) is 1.10. The van der Waals surface area contributed by atoms with Gasteiger partial charge in [-0.3, -0.25) is 14.7 Å². The highest BCUT2D eigenvalue weighted by Gasteiger charge is 2.34. The summed E-state index contributed by atoms with van der Waals surface area (Å²) < 4.78 is 0. The van der Waals surface area contributed by atoms with Crippen LogP contribution in [-0.2, 0) is 4.79 Å². The van der Waals surface area contributed by atoms with E-state index in [-0.39, 0.29) is 11.2 Å². The minimum absolute atomic E-state index is 0.0151. The predicted molar refractivity (Wildman–Crippen MR) is 51.2 cm³/mol. The van der Waals surface area contributed by atoms with Crippen LogP contribution in [0.15, 0.2) is 4.99 Å². The summed E-state index contributed by atoms with van der Waals surface area (Å²) in [6, 6.07) is 0. The first-order valence-electron chi connectivity index (χ1n) is 3.81. The fraction of sp³-hybridized carbons (Fsp3) is 0.714. The highest BCUT2D eigenvalue weighted by Crippen LogP contribution is 2.27. The molecule has 1 amide bonds. The Bertz CT molecular complexity index is 217. The molecular weight excluding hydrogens is 174 g/mol. The molecular formula is C7H13N3OS. The number of hydrogen-bond acceptors (Lipinski definition) is 4. The van der Waals surface area contributed by atoms with E-state index in [9.17, 15) is 4.79 Å². The van der Waals surface area contributed by atoms with Crippen molar-refractivity contribution in [2.45, 2.75) is 11.7 Å². The van der Waals surface area contributed by atoms with Crippen LogP contribution < -0.4 is 5.73 Å². The molecule has 1 aliphatic heterocycles. The van der Waals surface area contributed by atoms with E-state index in [2.05, 4.69) is 4.99 Å². The normalized spacial score (nSPS) is 27.2. The van der Waals surface area contributed by atoms with Gasteiger partial charge in [0.1, 0.15) is 0 Å². The molecule has 68 valence electrons. The van der Waals surface area contributed by atoms with E-state index >= 15 is 0 Å². The molecule has 1 unspecified atom stereocenters. The van der Waals surface area contributed by atoms with Crippen LogP contribution in [0.5, 0.6) is 0 Å². The van der Waals surface area contributed by atoms with Gasteiger partial charge in [-0.25, -0.2) is 0 Å². The summed E-state index contributed by atoms with van der Waals surface area (Å²) in [4.78, 5) is 17.0. The van der Waals surface area contributed by atoms with Crippen LogP contribution in [0, 0.1) is 0 Å². The molecule has 0 aliphatic carbocycles. The molecule has 0 aromatic rings. The van der Waals surface area contributed by atoms with Gasteiger partial charge in [-0.2, -0.15) is 0 Å². The fourth-order valence-corrected chi connectivity index (χ4v) is 2.22. The maximum Gasteiger partial charge on any atom is 0.241 e. The van der Waals surface area contributed by atoms with Crippen LogP contribution in [0.1, 0.15) is 6.42 Å². The van der Waals surface area contributed by atoms with E-state index in [0.29, 0.717) is 6.54 Å². The topological polar surface area (TPSA) is 58.7 Å². The van der Waals surface area contributed by atoms with Gasteiger partial charge < -0.3 is 5.73 Å². The molecule has 0 bridgehead atoms. The van der Waals surface area contributed by atoms with Crippen molar-refractivity contribution < 1.29 is 4.79 Å². The van der Waals surface area contributed by atoms with Crippen molar-refractivity contribution >= 4 is 22.8 Å². The van der Waals surface area contributed by atoms with Gasteiger partial charge in [0.2, 0.25) is 5.91 Å². The molecule has 1 rings (SSSR count). The Morgan fingerprint density at radius 1 is 1.75 bits per heavy atom. The molecule has 0 radical (unpaired) electrons. The van der Waals surface area contributed by atoms with E-state index in [1.165, 1.54) is 11.8 Å². The zero-order chi connectivity index (χ0) is 9.14. The number of carbonyl (C=O) groups excluding carboxylic acids is 1. The number of carbonyl (C=O) groups is 1. The van der Waals surface area contributed by atoms with Crippen molar-refractivity contribution in [1.29, 1.82) is 0 Å². The predicted octanol–water partition coefficient (Wildman–Crippen LogP) is -0.105. The molecule has 0 aromatic carbocycles. The summed E-state index contributed by atoms with van der Waals surface area (Å²) in [5.74, 6) is 0.117. The summed E-state index contributed by atoms with van der Waals surface area (Å²) in [6.07, 6.45) is 0.729. The Morgan fingerprint density at radius 2 is 2.42 bits per heavy atom. The maximum absolute atomic E-state index is 11.4. The molecule has 1 atom stereocenters. The number of amides is 1. The van der Waals surface area contributed by atoms with Gasteiger partial charge in [0.15, 0.2) is 5.17 Å². The standard InChI is InChI=1S/C7H13N3OS/c1-9-7-10(2)6(11)5(12-7)3-4-8/h5H,3-4,8H2,1-2H3. The van der Waals surface area contributed by atoms with E-state index in [1.807, 2.05) is 0 Å². The Morgan fingerprint density at radius 3 is 2.83 bits per heavy atom. The lowest BCUT2D eigenvalue weighted by Gasteiger charge is -2.06. The molecule has 0 aromatic heterocycles. The van der Waals surface area contributed by atoms with Crippen LogP contribution in [0.3, 0.4) is 0 Å². The second-order valence-electron chi connectivity index (χ2n) is 2.59. The zero-order valence-corrected chi connectivity index (χ0v) is 8.10. The SMILES string of the molecule is CN=C1SC(CCN)C(=O)N1C. The summed E-state index contributed by atoms with van der Waals surface area (Å²) in [6.45, 7) is 0.550. The highest BCUT2D eigenvalue weighted by atomic mass is 32.2. The number of hydrogen-bond donors (Lipinski definition) is 1. The number of nitrogens with zero attached hydrogens (tertiary/aromatic N) is 2. The largest absolute Gasteiger partial charge is 0.330 e. The zero-order valence-electron chi connectivity index (χ0n) is 7.28. The molecule has 4 nitrogen and oxygen atoms in total. The first-order valence-corrected chi connectivity index (χ1v) is 4.69. The van der Waals surface area contributed by atoms with Crippen LogP contribution >= 0.6 is 11.8 Å². The molecule has 1 heterocycles. The monoisotopic (exact) mass is 187 g/mol. The van der Waals surface area contributed by atoms with Crippen molar-refractivity contribution in [3.63, 3.8) is 0 Å². The van der Waals surface area contributed by atoms with Crippen LogP contribution in [-0.4, -0.2) is 41.9 Å². The summed E-state index contributed by atoms with van der Waals surface area (Å²) >= 11 is 1.50. The quantitative estimate of drug-likeness (QED) is 0.656. The van der Waals surface area contributed by atoms with Crippen LogP contribution in [0.4, 0.5) is 0 Å². The Hall–Kier alpha value is -0.550. The van der Waals surface area contributed by atoms with Crippen molar-refractivity contribution in [3.8, 4) is 0 Å². The lowest BCUT2D eigenvalue weighted by atomic mass is 10.3. The number of rotatable bonds is 2. The number of thioether (sulfide) groups is 1. The lowest BCUT2D eigenvalue weighted by molar-refractivity contribution is -0.125. The molecule has 1 aliphatic rings. The first-order chi connectivity index (χ1) is 5.70. The van der Waals surface area contributed by atoms with Gasteiger partial charge in [-0.05, 0) is 13.0 Å². The Labute approximate surface area is 76.2 Å². The number of amidine groups is 1. The van der Waals surface area contributed by atoms with Gasteiger partial charge in [-0.1, -0.05) is 11.8 Å². The van der Waals surface area contributed by atoms with Crippen molar-refractivity contribution in [1.82, 2.24) is 4.90 Å². The summed E-state index contributed by atoms with van der Waals surface area (Å²) in [7, 11) is 3.44. The smallest absolute Gasteiger partial charge is 0.241 e. The summed E-state index contributed by atoms with van der Waals surface area (Å²) in [5.41, 5.74) is 5.38. The third-order valence-corrected chi connectivity index (χ3v) is 3.15. The Kier molecular flexibility index (Phi) is 3.11. The van der Waals surface area contributed by atoms with Crippen LogP contribution in [0.25, 0.3) is 0 Å². The first kappa shape index (κ1) is 9.54. The van der Waals surface area contributed by atoms with Gasteiger partial charge in [-0.15, -0.1) is 0 Å². The third-order valence-electron chi connectivity index (χ3n) is 1.76. The van der Waals surface area contributed by atoms with E-state index in [1.54, 1.807) is 19.0 Å². The second-order valence-corrected chi connectivity index (χ2v) is 3.76. The highest BCUT2D eigenvalue weighted by molar-refractivity contribution is 8.15. The molecule has 5 heteroatoms. The van der Waals surface area contributed by atoms with Crippen LogP contribution in [0.2, 0.25) is 0 Å². The van der Waals surface area contributed by atoms with Crippen molar-refractivity contribution in [2.24, 2.45) is 10.7 Å². The van der Waals surface area contributed by atoms with E-state index in [0.717, 1.165) is 11.6 Å². The Balaban J connectivity index is 2.67. The second kappa shape index (κ2) is 3.91. The molecule has 2 N–H and O–H groups in total. The average Bonchev–Trinajstić information content (AvgIpc) is 2.33. The molecule has 0 saturated carbocycles. The van der Waals surface area contributed by atoms with Crippen molar-refractivity contribution in [3.05, 3.63) is 0 Å². The minimum Gasteiger partial charge on any atom is -0.330 e. The minimum atomic E-state index is -0.0151. The van der Waals surface area contributed by atoms with E-state index in [4.69, 9.17) is 5.73 Å². The lowest BCUT2D eigenvalue weighted by Crippen LogP contribution is -2.28.